The molecule has 0 aliphatic heterocycles. The van der Waals surface area contributed by atoms with E-state index in [-0.39, 0.29) is 11.9 Å². The predicted octanol–water partition coefficient (Wildman–Crippen LogP) is 1.97. The number of carbonyl (C=O) groups is 1. The maximum Gasteiger partial charge on any atom is 0.237 e. The van der Waals surface area contributed by atoms with Crippen molar-refractivity contribution in [2.24, 2.45) is 5.73 Å². The zero-order valence-corrected chi connectivity index (χ0v) is 10.4. The van der Waals surface area contributed by atoms with Gasteiger partial charge in [0.2, 0.25) is 5.91 Å². The van der Waals surface area contributed by atoms with Gasteiger partial charge in [0.1, 0.15) is 0 Å². The van der Waals surface area contributed by atoms with E-state index in [9.17, 15) is 4.79 Å². The van der Waals surface area contributed by atoms with Gasteiger partial charge >= 0.3 is 0 Å². The van der Waals surface area contributed by atoms with E-state index in [1.807, 2.05) is 31.2 Å². The Hall–Kier alpha value is -0.870. The quantitative estimate of drug-likeness (QED) is 0.883. The first-order chi connectivity index (χ1) is 7.02. The van der Waals surface area contributed by atoms with Crippen LogP contribution in [0.4, 0.5) is 0 Å². The number of nitrogens with one attached hydrogen (secondary N) is 1. The minimum atomic E-state index is -0.477. The molecule has 0 aliphatic rings. The molecular weight excluding hydrogens is 256 g/mol. The van der Waals surface area contributed by atoms with Crippen molar-refractivity contribution in [3.05, 3.63) is 34.3 Å². The molecule has 1 unspecified atom stereocenters. The third-order valence-electron chi connectivity index (χ3n) is 2.14. The monoisotopic (exact) mass is 270 g/mol. The SMILES string of the molecule is CC(N)C(=O)N[C@@H](C)c1ccccc1Br. The number of benzene rings is 1. The van der Waals surface area contributed by atoms with Gasteiger partial charge in [-0.05, 0) is 25.5 Å². The summed E-state index contributed by atoms with van der Waals surface area (Å²) in [5, 5.41) is 2.84. The van der Waals surface area contributed by atoms with Crippen LogP contribution in [0.15, 0.2) is 28.7 Å². The Bertz CT molecular complexity index is 352. The summed E-state index contributed by atoms with van der Waals surface area (Å²) in [6, 6.07) is 7.27. The lowest BCUT2D eigenvalue weighted by Gasteiger charge is -2.17. The van der Waals surface area contributed by atoms with Gasteiger partial charge in [-0.3, -0.25) is 4.79 Å². The van der Waals surface area contributed by atoms with E-state index in [1.165, 1.54) is 0 Å². The smallest absolute Gasteiger partial charge is 0.237 e. The maximum absolute atomic E-state index is 11.4. The second-order valence-electron chi connectivity index (χ2n) is 3.54. The van der Waals surface area contributed by atoms with Crippen LogP contribution in [-0.2, 0) is 4.79 Å². The highest BCUT2D eigenvalue weighted by Gasteiger charge is 2.13. The van der Waals surface area contributed by atoms with Crippen molar-refractivity contribution in [1.29, 1.82) is 0 Å². The van der Waals surface area contributed by atoms with Crippen molar-refractivity contribution in [3.63, 3.8) is 0 Å². The molecule has 0 aliphatic carbocycles. The summed E-state index contributed by atoms with van der Waals surface area (Å²) in [5.41, 5.74) is 6.52. The zero-order valence-electron chi connectivity index (χ0n) is 8.83. The van der Waals surface area contributed by atoms with Gasteiger partial charge < -0.3 is 11.1 Å². The van der Waals surface area contributed by atoms with E-state index in [4.69, 9.17) is 5.73 Å². The summed E-state index contributed by atoms with van der Waals surface area (Å²) in [7, 11) is 0. The standard InChI is InChI=1S/C11H15BrN2O/c1-7(13)11(15)14-8(2)9-5-3-4-6-10(9)12/h3-8H,13H2,1-2H3,(H,14,15)/t7?,8-/m0/s1. The van der Waals surface area contributed by atoms with Crippen molar-refractivity contribution in [1.82, 2.24) is 5.32 Å². The fourth-order valence-electron chi connectivity index (χ4n) is 1.25. The van der Waals surface area contributed by atoms with Crippen molar-refractivity contribution in [2.45, 2.75) is 25.9 Å². The lowest BCUT2D eigenvalue weighted by Crippen LogP contribution is -2.39. The average Bonchev–Trinajstić information content (AvgIpc) is 2.18. The van der Waals surface area contributed by atoms with Gasteiger partial charge in [0.05, 0.1) is 12.1 Å². The average molecular weight is 271 g/mol. The normalized spacial score (nSPS) is 14.4. The number of hydrogen-bond acceptors (Lipinski definition) is 2. The van der Waals surface area contributed by atoms with Crippen LogP contribution in [0.25, 0.3) is 0 Å². The highest BCUT2D eigenvalue weighted by Crippen LogP contribution is 2.22. The van der Waals surface area contributed by atoms with E-state index in [2.05, 4.69) is 21.2 Å². The fourth-order valence-corrected chi connectivity index (χ4v) is 1.88. The minimum Gasteiger partial charge on any atom is -0.348 e. The number of hydrogen-bond donors (Lipinski definition) is 2. The molecule has 0 fully saturated rings. The van der Waals surface area contributed by atoms with Crippen molar-refractivity contribution in [2.75, 3.05) is 0 Å². The van der Waals surface area contributed by atoms with Crippen LogP contribution in [-0.4, -0.2) is 11.9 Å². The van der Waals surface area contributed by atoms with Gasteiger partial charge in [0.25, 0.3) is 0 Å². The first-order valence-electron chi connectivity index (χ1n) is 4.82. The molecule has 0 spiro atoms. The van der Waals surface area contributed by atoms with Gasteiger partial charge in [-0.1, -0.05) is 34.1 Å². The van der Waals surface area contributed by atoms with E-state index < -0.39 is 6.04 Å². The molecule has 15 heavy (non-hydrogen) atoms. The van der Waals surface area contributed by atoms with Gasteiger partial charge in [0, 0.05) is 4.47 Å². The van der Waals surface area contributed by atoms with Crippen molar-refractivity contribution < 1.29 is 4.79 Å². The second-order valence-corrected chi connectivity index (χ2v) is 4.39. The Morgan fingerprint density at radius 2 is 2.00 bits per heavy atom. The third-order valence-corrected chi connectivity index (χ3v) is 2.87. The summed E-state index contributed by atoms with van der Waals surface area (Å²) in [5.74, 6) is -0.141. The van der Waals surface area contributed by atoms with E-state index in [0.717, 1.165) is 10.0 Å². The largest absolute Gasteiger partial charge is 0.348 e. The van der Waals surface area contributed by atoms with E-state index in [0.29, 0.717) is 0 Å². The van der Waals surface area contributed by atoms with Crippen molar-refractivity contribution in [3.8, 4) is 0 Å². The second kappa shape index (κ2) is 5.28. The Balaban J connectivity index is 2.73. The molecule has 1 aromatic carbocycles. The summed E-state index contributed by atoms with van der Waals surface area (Å²) in [4.78, 5) is 11.4. The van der Waals surface area contributed by atoms with Crippen LogP contribution in [0.1, 0.15) is 25.5 Å². The minimum absolute atomic E-state index is 0.0425. The lowest BCUT2D eigenvalue weighted by atomic mass is 10.1. The van der Waals surface area contributed by atoms with Crippen LogP contribution in [0.5, 0.6) is 0 Å². The summed E-state index contributed by atoms with van der Waals surface area (Å²) < 4.78 is 0.988. The van der Waals surface area contributed by atoms with Gasteiger partial charge in [-0.15, -0.1) is 0 Å². The van der Waals surface area contributed by atoms with Crippen LogP contribution < -0.4 is 11.1 Å². The topological polar surface area (TPSA) is 55.1 Å². The molecule has 3 nitrogen and oxygen atoms in total. The Labute approximate surface area is 98.2 Å². The molecule has 1 amide bonds. The molecular formula is C11H15BrN2O. The number of nitrogens with two attached hydrogens (primary N) is 1. The van der Waals surface area contributed by atoms with Crippen LogP contribution >= 0.6 is 15.9 Å². The molecule has 1 rings (SSSR count). The molecule has 3 N–H and O–H groups in total. The Kier molecular flexibility index (Phi) is 4.29. The molecule has 0 bridgehead atoms. The maximum atomic E-state index is 11.4. The summed E-state index contributed by atoms with van der Waals surface area (Å²) in [6.07, 6.45) is 0. The predicted molar refractivity (Wildman–Crippen MR) is 64.3 cm³/mol. The fraction of sp³-hybridized carbons (Fsp3) is 0.364. The molecule has 0 heterocycles. The zero-order chi connectivity index (χ0) is 11.4. The Morgan fingerprint density at radius 3 is 2.53 bits per heavy atom. The number of rotatable bonds is 3. The van der Waals surface area contributed by atoms with Gasteiger partial charge in [0.15, 0.2) is 0 Å². The van der Waals surface area contributed by atoms with Crippen molar-refractivity contribution >= 4 is 21.8 Å². The highest BCUT2D eigenvalue weighted by molar-refractivity contribution is 9.10. The first kappa shape index (κ1) is 12.2. The molecule has 82 valence electrons. The molecule has 0 aromatic heterocycles. The third kappa shape index (κ3) is 3.32. The van der Waals surface area contributed by atoms with Gasteiger partial charge in [-0.25, -0.2) is 0 Å². The highest BCUT2D eigenvalue weighted by atomic mass is 79.9. The lowest BCUT2D eigenvalue weighted by molar-refractivity contribution is -0.122. The molecule has 1 aromatic rings. The van der Waals surface area contributed by atoms with Gasteiger partial charge in [-0.2, -0.15) is 0 Å². The number of amides is 1. The molecule has 0 saturated carbocycles. The Morgan fingerprint density at radius 1 is 1.40 bits per heavy atom. The molecule has 4 heteroatoms. The number of carbonyl (C=O) groups excluding carboxylic acids is 1. The van der Waals surface area contributed by atoms with Crippen LogP contribution in [0.2, 0.25) is 0 Å². The molecule has 0 radical (unpaired) electrons. The van der Waals surface area contributed by atoms with Crippen LogP contribution in [0, 0.1) is 0 Å². The van der Waals surface area contributed by atoms with E-state index >= 15 is 0 Å². The summed E-state index contributed by atoms with van der Waals surface area (Å²) in [6.45, 7) is 3.60. The van der Waals surface area contributed by atoms with Crippen LogP contribution in [0.3, 0.4) is 0 Å². The summed E-state index contributed by atoms with van der Waals surface area (Å²) >= 11 is 3.44. The number of halogens is 1. The molecule has 2 atom stereocenters. The first-order valence-corrected chi connectivity index (χ1v) is 5.62. The van der Waals surface area contributed by atoms with E-state index in [1.54, 1.807) is 6.92 Å². The molecule has 0 saturated heterocycles.